The first-order chi connectivity index (χ1) is 14.7. The van der Waals surface area contributed by atoms with Gasteiger partial charge in [0.25, 0.3) is 0 Å². The second kappa shape index (κ2) is 7.14. The number of benzene rings is 1. The predicted molar refractivity (Wildman–Crippen MR) is 111 cm³/mol. The Morgan fingerprint density at radius 3 is 2.58 bits per heavy atom. The maximum atomic E-state index is 14.0. The molecular weight excluding hydrogens is 397 g/mol. The molecule has 1 aromatic carbocycles. The Balaban J connectivity index is 1.40. The molecule has 1 N–H and O–H groups in total. The van der Waals surface area contributed by atoms with Crippen LogP contribution in [0.25, 0.3) is 0 Å². The number of hydrogen-bond acceptors (Lipinski definition) is 4. The van der Waals surface area contributed by atoms with Gasteiger partial charge in [0.1, 0.15) is 5.78 Å². The Hall–Kier alpha value is -2.24. The third-order valence-corrected chi connectivity index (χ3v) is 9.25. The smallest absolute Gasteiger partial charge is 0.314 e. The second-order valence-corrected chi connectivity index (χ2v) is 10.6. The normalized spacial score (nSPS) is 41.6. The van der Waals surface area contributed by atoms with E-state index in [9.17, 15) is 18.8 Å². The van der Waals surface area contributed by atoms with Crippen molar-refractivity contribution in [3.05, 3.63) is 30.1 Å². The molecular formula is C25H30FNO4. The average molecular weight is 428 g/mol. The molecule has 0 unspecified atom stereocenters. The molecule has 0 radical (unpaired) electrons. The van der Waals surface area contributed by atoms with Crippen LogP contribution < -0.4 is 10.1 Å². The Labute approximate surface area is 182 Å². The van der Waals surface area contributed by atoms with Crippen molar-refractivity contribution in [1.29, 1.82) is 0 Å². The van der Waals surface area contributed by atoms with E-state index in [1.54, 1.807) is 12.1 Å². The summed E-state index contributed by atoms with van der Waals surface area (Å²) in [6, 6.07) is 5.90. The van der Waals surface area contributed by atoms with Gasteiger partial charge in [-0.25, -0.2) is 4.39 Å². The molecule has 166 valence electrons. The number of carbonyl (C=O) groups excluding carboxylic acids is 3. The summed E-state index contributed by atoms with van der Waals surface area (Å²) in [5.41, 5.74) is -0.389. The summed E-state index contributed by atoms with van der Waals surface area (Å²) in [5, 5.41) is 3.08. The van der Waals surface area contributed by atoms with Crippen LogP contribution in [0.3, 0.4) is 0 Å². The zero-order valence-corrected chi connectivity index (χ0v) is 18.2. The number of carbonyl (C=O) groups is 3. The molecule has 3 aliphatic carbocycles. The fourth-order valence-corrected chi connectivity index (χ4v) is 7.48. The third kappa shape index (κ3) is 3.05. The fourth-order valence-electron chi connectivity index (χ4n) is 7.48. The number of rotatable bonds is 2. The van der Waals surface area contributed by atoms with Crippen molar-refractivity contribution in [2.75, 3.05) is 0 Å². The first-order valence-electron chi connectivity index (χ1n) is 11.5. The van der Waals surface area contributed by atoms with Crippen LogP contribution >= 0.6 is 0 Å². The summed E-state index contributed by atoms with van der Waals surface area (Å²) in [7, 11) is 0. The van der Waals surface area contributed by atoms with Gasteiger partial charge in [0.2, 0.25) is 5.91 Å². The Kier molecular flexibility index (Phi) is 4.76. The molecule has 5 rings (SSSR count). The Morgan fingerprint density at radius 2 is 1.81 bits per heavy atom. The van der Waals surface area contributed by atoms with E-state index in [1.165, 1.54) is 12.1 Å². The number of hydrogen-bond donors (Lipinski definition) is 1. The molecule has 0 spiro atoms. The average Bonchev–Trinajstić information content (AvgIpc) is 3.08. The highest BCUT2D eigenvalue weighted by Gasteiger charge is 2.64. The minimum Gasteiger partial charge on any atom is -0.423 e. The van der Waals surface area contributed by atoms with Crippen molar-refractivity contribution in [3.8, 4) is 5.75 Å². The first-order valence-corrected chi connectivity index (χ1v) is 11.5. The number of para-hydroxylation sites is 1. The number of amides is 1. The Bertz CT molecular complexity index is 947. The van der Waals surface area contributed by atoms with E-state index in [4.69, 9.17) is 4.74 Å². The van der Waals surface area contributed by atoms with E-state index >= 15 is 0 Å². The summed E-state index contributed by atoms with van der Waals surface area (Å²) in [4.78, 5) is 38.3. The van der Waals surface area contributed by atoms with Crippen LogP contribution in [0.5, 0.6) is 5.75 Å². The lowest BCUT2D eigenvalue weighted by Gasteiger charge is -2.59. The first kappa shape index (κ1) is 20.7. The highest BCUT2D eigenvalue weighted by molar-refractivity contribution is 5.86. The summed E-state index contributed by atoms with van der Waals surface area (Å²) in [6.07, 6.45) is 4.93. The van der Waals surface area contributed by atoms with Crippen LogP contribution in [-0.4, -0.2) is 23.7 Å². The number of esters is 1. The number of ketones is 1. The van der Waals surface area contributed by atoms with Crippen molar-refractivity contribution in [3.63, 3.8) is 0 Å². The molecule has 1 heterocycles. The van der Waals surface area contributed by atoms with Gasteiger partial charge in [-0.2, -0.15) is 0 Å². The van der Waals surface area contributed by atoms with Gasteiger partial charge in [-0.05, 0) is 66.9 Å². The second-order valence-electron chi connectivity index (χ2n) is 10.6. The zero-order valence-electron chi connectivity index (χ0n) is 18.2. The van der Waals surface area contributed by atoms with Crippen LogP contribution in [0, 0.1) is 40.3 Å². The van der Waals surface area contributed by atoms with Gasteiger partial charge >= 0.3 is 5.97 Å². The van der Waals surface area contributed by atoms with Gasteiger partial charge in [-0.15, -0.1) is 0 Å². The minimum absolute atomic E-state index is 0.0321. The van der Waals surface area contributed by atoms with Crippen molar-refractivity contribution >= 4 is 17.7 Å². The van der Waals surface area contributed by atoms with E-state index in [0.717, 1.165) is 25.7 Å². The van der Waals surface area contributed by atoms with Crippen LogP contribution in [-0.2, 0) is 14.4 Å². The fraction of sp³-hybridized carbons (Fsp3) is 0.640. The summed E-state index contributed by atoms with van der Waals surface area (Å²) in [5.74, 6) is -0.712. The molecule has 0 aromatic heterocycles. The quantitative estimate of drug-likeness (QED) is 0.571. The number of Topliss-reactive ketones (excluding diaryl/α,β-unsaturated/α-hetero) is 1. The van der Waals surface area contributed by atoms with Gasteiger partial charge < -0.3 is 10.1 Å². The van der Waals surface area contributed by atoms with Gasteiger partial charge in [-0.3, -0.25) is 14.4 Å². The molecule has 1 aliphatic heterocycles. The molecule has 6 heteroatoms. The molecule has 7 atom stereocenters. The van der Waals surface area contributed by atoms with Gasteiger partial charge in [0.15, 0.2) is 11.6 Å². The lowest BCUT2D eigenvalue weighted by Crippen LogP contribution is -2.63. The van der Waals surface area contributed by atoms with Crippen LogP contribution in [0.4, 0.5) is 4.39 Å². The maximum absolute atomic E-state index is 14.0. The van der Waals surface area contributed by atoms with Crippen LogP contribution in [0.1, 0.15) is 58.8 Å². The standard InChI is InChI=1S/C25H30FNO4/c1-24-11-9-15-22(18(28)13-20-25(15,2)12-10-21(29)27-20)14(24)7-8-16(24)23(30)31-19-6-4-3-5-17(19)26/h3-6,14-16,20,22H,7-13H2,1-2H3,(H,27,29)/t14-,15-,16+,20+,22-,24-,25+/m0/s1. The SMILES string of the molecule is C[C@]12CCC(=O)N[C@@H]1CC(=O)[C@@H]1[C@@H]2CC[C@]2(C)[C@@H](C(=O)Oc3ccccc3F)CC[C@@H]12. The molecule has 1 amide bonds. The largest absolute Gasteiger partial charge is 0.423 e. The summed E-state index contributed by atoms with van der Waals surface area (Å²) < 4.78 is 19.5. The van der Waals surface area contributed by atoms with E-state index in [0.29, 0.717) is 19.3 Å². The molecule has 4 fully saturated rings. The molecule has 3 saturated carbocycles. The third-order valence-electron chi connectivity index (χ3n) is 9.25. The van der Waals surface area contributed by atoms with Crippen molar-refractivity contribution in [1.82, 2.24) is 5.32 Å². The van der Waals surface area contributed by atoms with Crippen molar-refractivity contribution in [2.24, 2.45) is 34.5 Å². The maximum Gasteiger partial charge on any atom is 0.314 e. The molecule has 31 heavy (non-hydrogen) atoms. The number of piperidine rings is 1. The van der Waals surface area contributed by atoms with Gasteiger partial charge in [-0.1, -0.05) is 26.0 Å². The highest BCUT2D eigenvalue weighted by Crippen LogP contribution is 2.64. The van der Waals surface area contributed by atoms with Gasteiger partial charge in [0.05, 0.1) is 5.92 Å². The van der Waals surface area contributed by atoms with E-state index in [1.807, 2.05) is 0 Å². The predicted octanol–water partition coefficient (Wildman–Crippen LogP) is 4.05. The molecule has 1 aromatic rings. The number of ether oxygens (including phenoxy) is 1. The summed E-state index contributed by atoms with van der Waals surface area (Å²) in [6.45, 7) is 4.36. The molecule has 0 bridgehead atoms. The Morgan fingerprint density at radius 1 is 1.06 bits per heavy atom. The van der Waals surface area contributed by atoms with Crippen LogP contribution in [0.2, 0.25) is 0 Å². The monoisotopic (exact) mass is 427 g/mol. The van der Waals surface area contributed by atoms with Crippen molar-refractivity contribution < 1.29 is 23.5 Å². The molecule has 1 saturated heterocycles. The number of halogens is 1. The number of fused-ring (bicyclic) bond motifs is 5. The summed E-state index contributed by atoms with van der Waals surface area (Å²) >= 11 is 0. The van der Waals surface area contributed by atoms with E-state index in [2.05, 4.69) is 19.2 Å². The lowest BCUT2D eigenvalue weighted by molar-refractivity contribution is -0.159. The van der Waals surface area contributed by atoms with Crippen molar-refractivity contribution in [2.45, 2.75) is 64.8 Å². The van der Waals surface area contributed by atoms with E-state index in [-0.39, 0.29) is 64.0 Å². The number of nitrogens with one attached hydrogen (secondary N) is 1. The van der Waals surface area contributed by atoms with Gasteiger partial charge in [0, 0.05) is 24.8 Å². The van der Waals surface area contributed by atoms with Crippen LogP contribution in [0.15, 0.2) is 24.3 Å². The lowest BCUT2D eigenvalue weighted by atomic mass is 9.46. The topological polar surface area (TPSA) is 72.5 Å². The van der Waals surface area contributed by atoms with E-state index < -0.39 is 5.82 Å². The zero-order chi connectivity index (χ0) is 22.0. The minimum atomic E-state index is -0.542. The molecule has 4 aliphatic rings. The molecule has 5 nitrogen and oxygen atoms in total. The highest BCUT2D eigenvalue weighted by atomic mass is 19.1.